The molecule has 0 amide bonds. The molecule has 0 saturated carbocycles. The first-order chi connectivity index (χ1) is 14.6. The van der Waals surface area contributed by atoms with Crippen LogP contribution in [-0.2, 0) is 29.1 Å². The topological polar surface area (TPSA) is 90.5 Å². The van der Waals surface area contributed by atoms with E-state index in [1.807, 2.05) is 14.1 Å². The van der Waals surface area contributed by atoms with Gasteiger partial charge in [-0.25, -0.2) is 12.3 Å². The van der Waals surface area contributed by atoms with Crippen LogP contribution in [0.25, 0.3) is 21.3 Å². The molecule has 33 heavy (non-hydrogen) atoms. The van der Waals surface area contributed by atoms with Crippen LogP contribution in [-0.4, -0.2) is 51.1 Å². The Kier molecular flexibility index (Phi) is 27.5. The summed E-state index contributed by atoms with van der Waals surface area (Å²) in [5.74, 6) is 0. The van der Waals surface area contributed by atoms with E-state index in [1.54, 1.807) is 0 Å². The van der Waals surface area contributed by atoms with Crippen LogP contribution in [0, 0.1) is 10.8 Å². The van der Waals surface area contributed by atoms with Crippen molar-refractivity contribution in [1.29, 1.82) is 0 Å². The molecule has 0 aliphatic carbocycles. The summed E-state index contributed by atoms with van der Waals surface area (Å²) in [6.07, 6.45) is 4.61. The molecule has 0 N–H and O–H groups in total. The summed E-state index contributed by atoms with van der Waals surface area (Å²) in [6, 6.07) is 0. The maximum atomic E-state index is 7.75. The van der Waals surface area contributed by atoms with Gasteiger partial charge in [-0.15, -0.1) is 11.1 Å². The van der Waals surface area contributed by atoms with Crippen molar-refractivity contribution in [2.75, 3.05) is 14.1 Å². The van der Waals surface area contributed by atoms with E-state index in [2.05, 4.69) is 107 Å². The number of hydrogen-bond acceptors (Lipinski definition) is 2. The average molecular weight is 556 g/mol. The Morgan fingerprint density at radius 1 is 0.545 bits per heavy atom. The number of nitrogens with zero attached hydrogens (tertiary/aromatic N) is 4. The van der Waals surface area contributed by atoms with Gasteiger partial charge >= 0.3 is 19.5 Å². The smallest absolute Gasteiger partial charge is 0.680 e. The number of rotatable bonds is 12. The fourth-order valence-corrected chi connectivity index (χ4v) is 2.37. The van der Waals surface area contributed by atoms with Crippen molar-refractivity contribution in [1.82, 2.24) is 0 Å². The third-order valence-corrected chi connectivity index (χ3v) is 6.38. The largest absolute Gasteiger partial charge is 6.00 e. The van der Waals surface area contributed by atoms with Crippen LogP contribution in [0.1, 0.15) is 109 Å². The van der Waals surface area contributed by atoms with E-state index in [0.29, 0.717) is 0 Å². The first kappa shape index (κ1) is 42.9. The molecule has 7 heteroatoms. The average Bonchev–Trinajstić information content (AvgIpc) is 2.78. The summed E-state index contributed by atoms with van der Waals surface area (Å²) in [4.78, 5) is 15.5. The maximum Gasteiger partial charge on any atom is 6.00 e. The van der Waals surface area contributed by atoms with Gasteiger partial charge in [0.05, 0.1) is 0 Å². The molecule has 0 bridgehead atoms. The van der Waals surface area contributed by atoms with Crippen LogP contribution in [0.5, 0.6) is 0 Å². The van der Waals surface area contributed by atoms with E-state index in [9.17, 15) is 0 Å². The second-order valence-corrected chi connectivity index (χ2v) is 10.5. The fraction of sp³-hybridized carbons (Fsp3) is 0.923. The van der Waals surface area contributed by atoms with E-state index in [-0.39, 0.29) is 53.7 Å². The van der Waals surface area contributed by atoms with Crippen molar-refractivity contribution in [3.8, 4) is 0 Å². The molecule has 2 atom stereocenters. The van der Waals surface area contributed by atoms with Gasteiger partial charge in [-0.3, -0.25) is 13.6 Å². The normalized spacial score (nSPS) is 13.5. The first-order valence-corrected chi connectivity index (χ1v) is 11.7. The van der Waals surface area contributed by atoms with Crippen LogP contribution in [0.15, 0.2) is 0 Å². The van der Waals surface area contributed by atoms with Gasteiger partial charge in [-0.1, -0.05) is 120 Å². The van der Waals surface area contributed by atoms with Crippen molar-refractivity contribution in [2.24, 2.45) is 10.8 Å². The minimum absolute atomic E-state index is 0. The third-order valence-electron chi connectivity index (χ3n) is 6.38. The van der Waals surface area contributed by atoms with Crippen LogP contribution in [0.3, 0.4) is 0 Å². The molecule has 6 nitrogen and oxygen atoms in total. The van der Waals surface area contributed by atoms with E-state index in [0.717, 1.165) is 25.7 Å². The zero-order valence-corrected chi connectivity index (χ0v) is 25.8. The third kappa shape index (κ3) is 19.8. The molecule has 0 aliphatic heterocycles. The molecule has 0 spiro atoms. The Balaban J connectivity index is -0.000000134. The quantitative estimate of drug-likeness (QED) is 0.138. The van der Waals surface area contributed by atoms with Gasteiger partial charge in [-0.2, -0.15) is 14.1 Å². The minimum Gasteiger partial charge on any atom is -0.680 e. The minimum atomic E-state index is 0. The Bertz CT molecular complexity index is 404. The first-order valence-electron chi connectivity index (χ1n) is 11.7. The summed E-state index contributed by atoms with van der Waals surface area (Å²) in [5.41, 5.74) is 0.468. The summed E-state index contributed by atoms with van der Waals surface area (Å²) in [7, 11) is 3.74. The molecule has 0 fully saturated rings. The zero-order chi connectivity index (χ0) is 26.8. The molecule has 0 aromatic rings. The van der Waals surface area contributed by atoms with E-state index in [1.165, 1.54) is 0 Å². The van der Waals surface area contributed by atoms with Gasteiger partial charge in [0.2, 0.25) is 0 Å². The molecule has 198 valence electrons. The molecule has 0 aromatic carbocycles. The Morgan fingerprint density at radius 3 is 0.879 bits per heavy atom. The van der Waals surface area contributed by atoms with E-state index < -0.39 is 0 Å². The van der Waals surface area contributed by atoms with Gasteiger partial charge in [0.25, 0.3) is 0 Å². The number of hydrogen-bond donors (Lipinski definition) is 0. The van der Waals surface area contributed by atoms with Crippen LogP contribution < -0.4 is 0 Å². The summed E-state index contributed by atoms with van der Waals surface area (Å²) >= 11 is 0. The molecule has 0 saturated heterocycles. The number of carbonyl (C=O) groups excluding carboxylic acids is 2. The standard InChI is InChI=1S/2C12H26N2.2CHO.Ru/c2*1-8-11(3,4)10(13-7)14-12(5,6)9-2;2*1-2;/h2*10H,8-9H2,1-7H3;2*1H;/q2*-2;2*-1;+6. The molecular formula is C26H54N4O2Ru. The summed E-state index contributed by atoms with van der Waals surface area (Å²) in [5, 5.41) is 18.4. The zero-order valence-electron chi connectivity index (χ0n) is 24.1. The van der Waals surface area contributed by atoms with Crippen LogP contribution >= 0.6 is 0 Å². The van der Waals surface area contributed by atoms with Gasteiger partial charge in [0, 0.05) is 0 Å². The predicted octanol–water partition coefficient (Wildman–Crippen LogP) is 8.08. The second kappa shape index (κ2) is 21.1. The van der Waals surface area contributed by atoms with Crippen molar-refractivity contribution in [3.63, 3.8) is 0 Å². The summed E-state index contributed by atoms with van der Waals surface area (Å²) < 4.78 is 0. The van der Waals surface area contributed by atoms with Crippen molar-refractivity contribution in [3.05, 3.63) is 21.3 Å². The van der Waals surface area contributed by atoms with E-state index >= 15 is 0 Å². The summed E-state index contributed by atoms with van der Waals surface area (Å²) in [6.45, 7) is 32.9. The van der Waals surface area contributed by atoms with Crippen molar-refractivity contribution < 1.29 is 29.1 Å². The van der Waals surface area contributed by atoms with Crippen LogP contribution in [0.2, 0.25) is 0 Å². The predicted molar refractivity (Wildman–Crippen MR) is 143 cm³/mol. The van der Waals surface area contributed by atoms with Crippen molar-refractivity contribution >= 4 is 13.6 Å². The van der Waals surface area contributed by atoms with Crippen LogP contribution in [0.4, 0.5) is 0 Å². The molecule has 0 aromatic heterocycles. The monoisotopic (exact) mass is 556 g/mol. The molecule has 0 rings (SSSR count). The van der Waals surface area contributed by atoms with Crippen molar-refractivity contribution in [2.45, 2.75) is 132 Å². The molecule has 2 unspecified atom stereocenters. The Morgan fingerprint density at radius 2 is 0.758 bits per heavy atom. The molecule has 0 radical (unpaired) electrons. The van der Waals surface area contributed by atoms with E-state index in [4.69, 9.17) is 20.2 Å². The van der Waals surface area contributed by atoms with Gasteiger partial charge in [0.15, 0.2) is 0 Å². The fourth-order valence-electron chi connectivity index (χ4n) is 2.37. The van der Waals surface area contributed by atoms with Gasteiger partial charge < -0.3 is 30.9 Å². The molecular weight excluding hydrogens is 501 g/mol. The SMILES string of the molecule is CCC(C)(C)[N-]C([N-]C)C(C)(C)CC.CCC(C)(C)[N-]C([N-]C)C(C)(C)CC.[CH-]=O.[CH-]=O.[Ru+6]. The van der Waals surface area contributed by atoms with Gasteiger partial charge in [0.1, 0.15) is 0 Å². The molecule has 0 heterocycles. The van der Waals surface area contributed by atoms with Gasteiger partial charge in [-0.05, 0) is 0 Å². The maximum absolute atomic E-state index is 7.75. The Hall–Kier alpha value is -0.197. The Labute approximate surface area is 220 Å². The molecule has 0 aliphatic rings. The second-order valence-electron chi connectivity index (χ2n) is 10.5.